The molecule has 0 aliphatic heterocycles. The lowest BCUT2D eigenvalue weighted by Gasteiger charge is -2.18. The van der Waals surface area contributed by atoms with E-state index < -0.39 is 0 Å². The fourth-order valence-electron chi connectivity index (χ4n) is 2.01. The van der Waals surface area contributed by atoms with Crippen LogP contribution in [0, 0.1) is 0 Å². The Bertz CT molecular complexity index is 542. The lowest BCUT2D eigenvalue weighted by molar-refractivity contribution is 0.399. The summed E-state index contributed by atoms with van der Waals surface area (Å²) in [7, 11) is 3.36. The zero-order valence-corrected chi connectivity index (χ0v) is 12.9. The molecule has 0 aliphatic carbocycles. The van der Waals surface area contributed by atoms with Gasteiger partial charge in [-0.15, -0.1) is 11.3 Å². The molecule has 0 spiro atoms. The quantitative estimate of drug-likeness (QED) is 0.850. The van der Waals surface area contributed by atoms with Crippen LogP contribution in [0.1, 0.15) is 30.0 Å². The maximum atomic E-state index is 5.43. The molecule has 1 N–H and O–H groups in total. The van der Waals surface area contributed by atoms with Crippen molar-refractivity contribution in [3.8, 4) is 11.5 Å². The number of hydrogen-bond acceptors (Lipinski definition) is 5. The summed E-state index contributed by atoms with van der Waals surface area (Å²) in [6.45, 7) is 3.07. The van der Waals surface area contributed by atoms with Gasteiger partial charge in [-0.05, 0) is 31.2 Å². The Kier molecular flexibility index (Phi) is 5.38. The molecular formula is C15H20N2O2S. The van der Waals surface area contributed by atoms with Crippen LogP contribution in [0.4, 0.5) is 0 Å². The number of ether oxygens (including phenoxy) is 2. The Balaban J connectivity index is 2.35. The van der Waals surface area contributed by atoms with E-state index in [9.17, 15) is 0 Å². The van der Waals surface area contributed by atoms with Crippen molar-refractivity contribution in [2.75, 3.05) is 20.8 Å². The summed E-state index contributed by atoms with van der Waals surface area (Å²) in [4.78, 5) is 5.67. The van der Waals surface area contributed by atoms with Crippen molar-refractivity contribution in [1.82, 2.24) is 10.3 Å². The van der Waals surface area contributed by atoms with E-state index >= 15 is 0 Å². The summed E-state index contributed by atoms with van der Waals surface area (Å²) < 4.78 is 10.7. The van der Waals surface area contributed by atoms with Gasteiger partial charge in [-0.2, -0.15) is 0 Å². The summed E-state index contributed by atoms with van der Waals surface area (Å²) in [6, 6.07) is 5.90. The number of thiophene rings is 1. The first-order valence-electron chi connectivity index (χ1n) is 6.64. The number of hydrogen-bond donors (Lipinski definition) is 1. The van der Waals surface area contributed by atoms with Crippen LogP contribution in [0.2, 0.25) is 0 Å². The van der Waals surface area contributed by atoms with Gasteiger partial charge in [0, 0.05) is 16.5 Å². The second kappa shape index (κ2) is 7.26. The normalized spacial score (nSPS) is 12.2. The van der Waals surface area contributed by atoms with Gasteiger partial charge < -0.3 is 14.8 Å². The average molecular weight is 292 g/mol. The monoisotopic (exact) mass is 292 g/mol. The molecule has 20 heavy (non-hydrogen) atoms. The molecular weight excluding hydrogens is 272 g/mol. The van der Waals surface area contributed by atoms with Gasteiger partial charge in [0.1, 0.15) is 17.2 Å². The molecule has 108 valence electrons. The van der Waals surface area contributed by atoms with E-state index in [1.807, 2.05) is 23.6 Å². The Morgan fingerprint density at radius 3 is 2.85 bits per heavy atom. The number of rotatable bonds is 7. The first-order chi connectivity index (χ1) is 9.80. The van der Waals surface area contributed by atoms with Crippen LogP contribution in [-0.2, 0) is 0 Å². The molecule has 0 radical (unpaired) electrons. The predicted molar refractivity (Wildman–Crippen MR) is 81.8 cm³/mol. The molecule has 1 atom stereocenters. The fourth-order valence-corrected chi connectivity index (χ4v) is 2.94. The molecule has 0 saturated heterocycles. The first kappa shape index (κ1) is 14.8. The van der Waals surface area contributed by atoms with E-state index in [1.165, 1.54) is 4.88 Å². The number of aromatic nitrogens is 1. The molecule has 0 amide bonds. The minimum Gasteiger partial charge on any atom is -0.496 e. The summed E-state index contributed by atoms with van der Waals surface area (Å²) in [5, 5.41) is 5.53. The number of methoxy groups -OCH3 is 2. The van der Waals surface area contributed by atoms with Crippen molar-refractivity contribution in [2.45, 2.75) is 19.4 Å². The van der Waals surface area contributed by atoms with Crippen LogP contribution in [0.5, 0.6) is 11.5 Å². The standard InChI is InChI=1S/C15H20N2O2S/c1-4-7-16-15(13-9-11(18-2)10-20-13)14-12(19-3)6-5-8-17-14/h5-6,8-10,15-16H,4,7H2,1-3H3. The second-order valence-electron chi connectivity index (χ2n) is 4.37. The topological polar surface area (TPSA) is 43.4 Å². The highest BCUT2D eigenvalue weighted by Crippen LogP contribution is 2.33. The molecule has 0 fully saturated rings. The lowest BCUT2D eigenvalue weighted by atomic mass is 10.1. The second-order valence-corrected chi connectivity index (χ2v) is 5.31. The summed E-state index contributed by atoms with van der Waals surface area (Å²) in [6.07, 6.45) is 2.86. The molecule has 4 nitrogen and oxygen atoms in total. The van der Waals surface area contributed by atoms with Crippen LogP contribution in [-0.4, -0.2) is 25.7 Å². The molecule has 0 aromatic carbocycles. The number of nitrogens with zero attached hydrogens (tertiary/aromatic N) is 1. The highest BCUT2D eigenvalue weighted by Gasteiger charge is 2.20. The van der Waals surface area contributed by atoms with Crippen LogP contribution in [0.3, 0.4) is 0 Å². The third kappa shape index (κ3) is 3.29. The zero-order chi connectivity index (χ0) is 14.4. The van der Waals surface area contributed by atoms with Crippen LogP contribution >= 0.6 is 11.3 Å². The number of pyridine rings is 1. The van der Waals surface area contributed by atoms with Gasteiger partial charge in [-0.3, -0.25) is 4.98 Å². The van der Waals surface area contributed by atoms with Crippen molar-refractivity contribution in [3.63, 3.8) is 0 Å². The van der Waals surface area contributed by atoms with Crippen molar-refractivity contribution >= 4 is 11.3 Å². The third-order valence-corrected chi connectivity index (χ3v) is 3.98. The average Bonchev–Trinajstić information content (AvgIpc) is 2.97. The van der Waals surface area contributed by atoms with Gasteiger partial charge in [0.05, 0.1) is 20.3 Å². The molecule has 0 saturated carbocycles. The van der Waals surface area contributed by atoms with E-state index in [0.29, 0.717) is 0 Å². The van der Waals surface area contributed by atoms with Gasteiger partial charge in [-0.1, -0.05) is 6.92 Å². The first-order valence-corrected chi connectivity index (χ1v) is 7.52. The van der Waals surface area contributed by atoms with E-state index in [2.05, 4.69) is 17.2 Å². The largest absolute Gasteiger partial charge is 0.496 e. The molecule has 1 unspecified atom stereocenters. The fraction of sp³-hybridized carbons (Fsp3) is 0.400. The molecule has 2 aromatic rings. The van der Waals surface area contributed by atoms with Crippen LogP contribution in [0.25, 0.3) is 0 Å². The van der Waals surface area contributed by atoms with Crippen molar-refractivity contribution < 1.29 is 9.47 Å². The lowest BCUT2D eigenvalue weighted by Crippen LogP contribution is -2.23. The van der Waals surface area contributed by atoms with Gasteiger partial charge in [0.25, 0.3) is 0 Å². The van der Waals surface area contributed by atoms with Crippen LogP contribution < -0.4 is 14.8 Å². The Hall–Kier alpha value is -1.59. The highest BCUT2D eigenvalue weighted by molar-refractivity contribution is 7.10. The SMILES string of the molecule is CCCNC(c1cc(OC)cs1)c1ncccc1OC. The minimum absolute atomic E-state index is 0.0278. The molecule has 2 aromatic heterocycles. The molecule has 0 bridgehead atoms. The molecule has 5 heteroatoms. The van der Waals surface area contributed by atoms with E-state index in [-0.39, 0.29) is 6.04 Å². The minimum atomic E-state index is 0.0278. The van der Waals surface area contributed by atoms with E-state index in [0.717, 1.165) is 30.2 Å². The highest BCUT2D eigenvalue weighted by atomic mass is 32.1. The van der Waals surface area contributed by atoms with Gasteiger partial charge in [0.2, 0.25) is 0 Å². The maximum absolute atomic E-state index is 5.43. The van der Waals surface area contributed by atoms with Crippen molar-refractivity contribution in [1.29, 1.82) is 0 Å². The van der Waals surface area contributed by atoms with E-state index in [4.69, 9.17) is 9.47 Å². The Morgan fingerprint density at radius 1 is 1.35 bits per heavy atom. The summed E-state index contributed by atoms with van der Waals surface area (Å²) in [5.41, 5.74) is 0.910. The third-order valence-electron chi connectivity index (χ3n) is 3.01. The predicted octanol–water partition coefficient (Wildman–Crippen LogP) is 3.25. The zero-order valence-electron chi connectivity index (χ0n) is 12.1. The van der Waals surface area contributed by atoms with Gasteiger partial charge in [-0.25, -0.2) is 0 Å². The molecule has 2 rings (SSSR count). The molecule has 2 heterocycles. The van der Waals surface area contributed by atoms with E-state index in [1.54, 1.807) is 31.8 Å². The maximum Gasteiger partial charge on any atom is 0.142 e. The van der Waals surface area contributed by atoms with Gasteiger partial charge >= 0.3 is 0 Å². The van der Waals surface area contributed by atoms with Crippen molar-refractivity contribution in [3.05, 3.63) is 40.3 Å². The molecule has 0 aliphatic rings. The number of nitrogens with one attached hydrogen (secondary N) is 1. The van der Waals surface area contributed by atoms with Gasteiger partial charge in [0.15, 0.2) is 0 Å². The van der Waals surface area contributed by atoms with Crippen LogP contribution in [0.15, 0.2) is 29.8 Å². The smallest absolute Gasteiger partial charge is 0.142 e. The summed E-state index contributed by atoms with van der Waals surface area (Å²) in [5.74, 6) is 1.68. The van der Waals surface area contributed by atoms with Crippen molar-refractivity contribution in [2.24, 2.45) is 0 Å². The summed E-state index contributed by atoms with van der Waals surface area (Å²) >= 11 is 1.66. The Morgan fingerprint density at radius 2 is 2.20 bits per heavy atom. The Labute approximate surface area is 123 Å².